The summed E-state index contributed by atoms with van der Waals surface area (Å²) >= 11 is 6.35. The van der Waals surface area contributed by atoms with Crippen LogP contribution in [-0.4, -0.2) is 17.6 Å². The molecule has 2 heteroatoms. The van der Waals surface area contributed by atoms with Gasteiger partial charge < -0.3 is 4.74 Å². The molecule has 2 aliphatic carbocycles. The lowest BCUT2D eigenvalue weighted by atomic mass is 9.72. The zero-order valence-corrected chi connectivity index (χ0v) is 11.6. The van der Waals surface area contributed by atoms with Crippen LogP contribution in [-0.2, 0) is 4.74 Å². The van der Waals surface area contributed by atoms with E-state index in [1.54, 1.807) is 0 Å². The molecule has 1 spiro atoms. The first-order valence-electron chi connectivity index (χ1n) is 7.55. The molecule has 0 aromatic rings. The van der Waals surface area contributed by atoms with Crippen molar-refractivity contribution in [2.24, 2.45) is 11.8 Å². The fourth-order valence-electron chi connectivity index (χ4n) is 4.43. The Labute approximate surface area is 110 Å². The van der Waals surface area contributed by atoms with E-state index in [-0.39, 0.29) is 0 Å². The minimum Gasteiger partial charge on any atom is -0.375 e. The van der Waals surface area contributed by atoms with Crippen LogP contribution in [0.3, 0.4) is 0 Å². The summed E-state index contributed by atoms with van der Waals surface area (Å²) in [5.74, 6) is 1.80. The summed E-state index contributed by atoms with van der Waals surface area (Å²) in [6, 6.07) is 0. The number of rotatable bonds is 1. The van der Waals surface area contributed by atoms with Crippen LogP contribution >= 0.6 is 11.6 Å². The van der Waals surface area contributed by atoms with E-state index in [1.807, 2.05) is 0 Å². The molecule has 17 heavy (non-hydrogen) atoms. The molecule has 2 saturated carbocycles. The second kappa shape index (κ2) is 5.09. The summed E-state index contributed by atoms with van der Waals surface area (Å²) in [6.45, 7) is 1.01. The van der Waals surface area contributed by atoms with E-state index >= 15 is 0 Å². The van der Waals surface area contributed by atoms with E-state index in [9.17, 15) is 0 Å². The minimum absolute atomic E-state index is 0.294. The normalized spacial score (nSPS) is 41.8. The molecule has 1 nitrogen and oxygen atoms in total. The molecule has 0 bridgehead atoms. The third kappa shape index (κ3) is 2.66. The predicted molar refractivity (Wildman–Crippen MR) is 71.5 cm³/mol. The average Bonchev–Trinajstić information content (AvgIpc) is 2.77. The van der Waals surface area contributed by atoms with Gasteiger partial charge in [-0.05, 0) is 50.4 Å². The Kier molecular flexibility index (Phi) is 3.68. The molecule has 0 radical (unpaired) electrons. The van der Waals surface area contributed by atoms with Crippen LogP contribution in [0.4, 0.5) is 0 Å². The van der Waals surface area contributed by atoms with Crippen molar-refractivity contribution in [2.45, 2.75) is 75.2 Å². The summed E-state index contributed by atoms with van der Waals surface area (Å²) in [4.78, 5) is 0. The van der Waals surface area contributed by atoms with Crippen LogP contribution in [0.25, 0.3) is 0 Å². The number of hydrogen-bond acceptors (Lipinski definition) is 1. The molecular formula is C15H25ClO. The maximum absolute atomic E-state index is 6.35. The highest BCUT2D eigenvalue weighted by molar-refractivity contribution is 6.20. The van der Waals surface area contributed by atoms with Crippen molar-refractivity contribution >= 4 is 11.6 Å². The van der Waals surface area contributed by atoms with Crippen LogP contribution in [0.1, 0.15) is 64.2 Å². The molecule has 0 aromatic heterocycles. The Morgan fingerprint density at radius 2 is 1.76 bits per heavy atom. The largest absolute Gasteiger partial charge is 0.375 e. The zero-order valence-electron chi connectivity index (χ0n) is 10.8. The SMILES string of the molecule is ClC1CCCC(C2CCOC3(CCCC3)C2)C1. The quantitative estimate of drug-likeness (QED) is 0.627. The van der Waals surface area contributed by atoms with Gasteiger partial charge in [0, 0.05) is 12.0 Å². The minimum atomic E-state index is 0.294. The number of alkyl halides is 1. The molecule has 3 aliphatic rings. The van der Waals surface area contributed by atoms with Gasteiger partial charge in [-0.2, -0.15) is 0 Å². The molecule has 0 amide bonds. The van der Waals surface area contributed by atoms with Gasteiger partial charge >= 0.3 is 0 Å². The first kappa shape index (κ1) is 12.3. The van der Waals surface area contributed by atoms with Crippen LogP contribution < -0.4 is 0 Å². The van der Waals surface area contributed by atoms with Crippen molar-refractivity contribution in [3.8, 4) is 0 Å². The zero-order chi connectivity index (χ0) is 11.7. The molecule has 1 heterocycles. The van der Waals surface area contributed by atoms with E-state index < -0.39 is 0 Å². The lowest BCUT2D eigenvalue weighted by Crippen LogP contribution is -2.40. The molecular weight excluding hydrogens is 232 g/mol. The van der Waals surface area contributed by atoms with Crippen molar-refractivity contribution in [3.63, 3.8) is 0 Å². The maximum atomic E-state index is 6.35. The van der Waals surface area contributed by atoms with Crippen LogP contribution in [0.5, 0.6) is 0 Å². The maximum Gasteiger partial charge on any atom is 0.0685 e. The highest BCUT2D eigenvalue weighted by Gasteiger charge is 2.42. The number of ether oxygens (including phenoxy) is 1. The highest BCUT2D eigenvalue weighted by Crippen LogP contribution is 2.46. The molecule has 3 atom stereocenters. The summed E-state index contributed by atoms with van der Waals surface area (Å²) in [7, 11) is 0. The number of halogens is 1. The van der Waals surface area contributed by atoms with Gasteiger partial charge in [0.2, 0.25) is 0 Å². The van der Waals surface area contributed by atoms with Gasteiger partial charge in [0.05, 0.1) is 5.60 Å². The second-order valence-electron chi connectivity index (χ2n) is 6.52. The van der Waals surface area contributed by atoms with Gasteiger partial charge in [-0.1, -0.05) is 25.7 Å². The molecule has 3 fully saturated rings. The first-order chi connectivity index (χ1) is 8.27. The van der Waals surface area contributed by atoms with Crippen LogP contribution in [0.2, 0.25) is 0 Å². The predicted octanol–water partition coefficient (Wildman–Crippen LogP) is 4.52. The van der Waals surface area contributed by atoms with Crippen molar-refractivity contribution in [3.05, 3.63) is 0 Å². The van der Waals surface area contributed by atoms with E-state index in [0.29, 0.717) is 11.0 Å². The van der Waals surface area contributed by atoms with E-state index in [0.717, 1.165) is 18.4 Å². The molecule has 3 unspecified atom stereocenters. The van der Waals surface area contributed by atoms with Gasteiger partial charge in [0.25, 0.3) is 0 Å². The monoisotopic (exact) mass is 256 g/mol. The summed E-state index contributed by atoms with van der Waals surface area (Å²) < 4.78 is 6.14. The van der Waals surface area contributed by atoms with Crippen molar-refractivity contribution in [2.75, 3.05) is 6.61 Å². The lowest BCUT2D eigenvalue weighted by molar-refractivity contribution is -0.104. The van der Waals surface area contributed by atoms with E-state index in [2.05, 4.69) is 0 Å². The van der Waals surface area contributed by atoms with Gasteiger partial charge in [0.1, 0.15) is 0 Å². The van der Waals surface area contributed by atoms with Crippen molar-refractivity contribution < 1.29 is 4.74 Å². The topological polar surface area (TPSA) is 9.23 Å². The standard InChI is InChI=1S/C15H25ClO/c16-14-5-3-4-12(10-14)13-6-9-17-15(11-13)7-1-2-8-15/h12-14H,1-11H2. The highest BCUT2D eigenvalue weighted by atomic mass is 35.5. The summed E-state index contributed by atoms with van der Waals surface area (Å²) in [5, 5.41) is 0.455. The Balaban J connectivity index is 1.62. The van der Waals surface area contributed by atoms with E-state index in [1.165, 1.54) is 64.2 Å². The fourth-order valence-corrected chi connectivity index (χ4v) is 4.81. The Hall–Kier alpha value is 0.250. The molecule has 0 N–H and O–H groups in total. The van der Waals surface area contributed by atoms with E-state index in [4.69, 9.17) is 16.3 Å². The van der Waals surface area contributed by atoms with Gasteiger partial charge in [-0.15, -0.1) is 11.6 Å². The molecule has 98 valence electrons. The number of hydrogen-bond donors (Lipinski definition) is 0. The van der Waals surface area contributed by atoms with Gasteiger partial charge in [-0.25, -0.2) is 0 Å². The second-order valence-corrected chi connectivity index (χ2v) is 7.13. The van der Waals surface area contributed by atoms with Crippen molar-refractivity contribution in [1.82, 2.24) is 0 Å². The Morgan fingerprint density at radius 1 is 0.941 bits per heavy atom. The molecule has 1 aliphatic heterocycles. The van der Waals surface area contributed by atoms with Gasteiger partial charge in [-0.3, -0.25) is 0 Å². The smallest absolute Gasteiger partial charge is 0.0685 e. The third-order valence-electron chi connectivity index (χ3n) is 5.36. The Morgan fingerprint density at radius 3 is 2.53 bits per heavy atom. The summed E-state index contributed by atoms with van der Waals surface area (Å²) in [6.07, 6.45) is 13.3. The average molecular weight is 257 g/mol. The Bertz CT molecular complexity index is 260. The van der Waals surface area contributed by atoms with Crippen LogP contribution in [0, 0.1) is 11.8 Å². The van der Waals surface area contributed by atoms with Crippen molar-refractivity contribution in [1.29, 1.82) is 0 Å². The molecule has 0 aromatic carbocycles. The van der Waals surface area contributed by atoms with Crippen LogP contribution in [0.15, 0.2) is 0 Å². The molecule has 3 rings (SSSR count). The first-order valence-corrected chi connectivity index (χ1v) is 7.99. The molecule has 1 saturated heterocycles. The van der Waals surface area contributed by atoms with Gasteiger partial charge in [0.15, 0.2) is 0 Å². The third-order valence-corrected chi connectivity index (χ3v) is 5.76. The summed E-state index contributed by atoms with van der Waals surface area (Å²) in [5.41, 5.74) is 0.294. The fraction of sp³-hybridized carbons (Fsp3) is 1.00. The lowest BCUT2D eigenvalue weighted by Gasteiger charge is -2.43.